The third-order valence-electron chi connectivity index (χ3n) is 1.68. The van der Waals surface area contributed by atoms with E-state index in [0.717, 1.165) is 6.26 Å². The SMILES string of the molecule is CC(OS(C)(=O)=O)N1C=CN(C)C1. The summed E-state index contributed by atoms with van der Waals surface area (Å²) in [7, 11) is -1.47. The van der Waals surface area contributed by atoms with E-state index < -0.39 is 16.3 Å². The standard InChI is InChI=1S/C7H14N2O3S/c1-7(12-13(3,10)11)9-5-4-8(2)6-9/h4-5,7H,6H2,1-3H3. The van der Waals surface area contributed by atoms with Gasteiger partial charge < -0.3 is 9.80 Å². The third-order valence-corrected chi connectivity index (χ3v) is 2.31. The van der Waals surface area contributed by atoms with E-state index in [2.05, 4.69) is 0 Å². The van der Waals surface area contributed by atoms with Crippen molar-refractivity contribution in [1.29, 1.82) is 0 Å². The molecule has 0 saturated carbocycles. The molecule has 1 aliphatic heterocycles. The highest BCUT2D eigenvalue weighted by Gasteiger charge is 2.19. The van der Waals surface area contributed by atoms with Crippen LogP contribution in [0.2, 0.25) is 0 Å². The maximum Gasteiger partial charge on any atom is 0.266 e. The molecule has 1 rings (SSSR count). The van der Waals surface area contributed by atoms with Gasteiger partial charge in [0.1, 0.15) is 6.23 Å². The van der Waals surface area contributed by atoms with Gasteiger partial charge in [-0.05, 0) is 6.92 Å². The fraction of sp³-hybridized carbons (Fsp3) is 0.714. The van der Waals surface area contributed by atoms with Crippen LogP contribution in [-0.2, 0) is 14.3 Å². The molecule has 0 aromatic rings. The van der Waals surface area contributed by atoms with Crippen molar-refractivity contribution in [2.45, 2.75) is 13.2 Å². The predicted molar refractivity (Wildman–Crippen MR) is 49.0 cm³/mol. The summed E-state index contributed by atoms with van der Waals surface area (Å²) in [5.74, 6) is 0. The molecule has 0 radical (unpaired) electrons. The molecule has 0 aliphatic carbocycles. The second-order valence-electron chi connectivity index (χ2n) is 3.11. The fourth-order valence-electron chi connectivity index (χ4n) is 1.10. The summed E-state index contributed by atoms with van der Waals surface area (Å²) in [4.78, 5) is 3.73. The summed E-state index contributed by atoms with van der Waals surface area (Å²) in [5.41, 5.74) is 0. The minimum absolute atomic E-state index is 0.448. The quantitative estimate of drug-likeness (QED) is 0.608. The van der Waals surface area contributed by atoms with E-state index in [1.807, 2.05) is 18.1 Å². The Morgan fingerprint density at radius 3 is 2.46 bits per heavy atom. The van der Waals surface area contributed by atoms with E-state index in [4.69, 9.17) is 4.18 Å². The maximum absolute atomic E-state index is 10.8. The zero-order valence-electron chi connectivity index (χ0n) is 7.97. The predicted octanol–water partition coefficient (Wildman–Crippen LogP) is -0.0153. The van der Waals surface area contributed by atoms with E-state index >= 15 is 0 Å². The second-order valence-corrected chi connectivity index (χ2v) is 4.71. The lowest BCUT2D eigenvalue weighted by Crippen LogP contribution is -2.34. The first-order chi connectivity index (χ1) is 5.88. The van der Waals surface area contributed by atoms with Gasteiger partial charge in [0.15, 0.2) is 0 Å². The van der Waals surface area contributed by atoms with Gasteiger partial charge >= 0.3 is 0 Å². The molecule has 1 atom stereocenters. The molecule has 1 unspecified atom stereocenters. The van der Waals surface area contributed by atoms with Crippen LogP contribution in [0.4, 0.5) is 0 Å². The minimum atomic E-state index is -3.37. The Hall–Kier alpha value is -0.750. The van der Waals surface area contributed by atoms with Crippen molar-refractivity contribution in [3.05, 3.63) is 12.4 Å². The Bertz CT molecular complexity index is 299. The molecule has 0 aromatic carbocycles. The van der Waals surface area contributed by atoms with Gasteiger partial charge in [0, 0.05) is 19.4 Å². The van der Waals surface area contributed by atoms with Crippen LogP contribution in [-0.4, -0.2) is 44.4 Å². The molecule has 1 heterocycles. The van der Waals surface area contributed by atoms with Gasteiger partial charge in [-0.3, -0.25) is 0 Å². The Balaban J connectivity index is 2.50. The van der Waals surface area contributed by atoms with Gasteiger partial charge in [0.05, 0.1) is 12.9 Å². The van der Waals surface area contributed by atoms with E-state index in [1.165, 1.54) is 0 Å². The molecular weight excluding hydrogens is 192 g/mol. The molecule has 1 aliphatic rings. The molecule has 0 saturated heterocycles. The molecule has 0 N–H and O–H groups in total. The average Bonchev–Trinajstić information content (AvgIpc) is 2.31. The first-order valence-electron chi connectivity index (χ1n) is 3.91. The molecule has 5 nitrogen and oxygen atoms in total. The van der Waals surface area contributed by atoms with Gasteiger partial charge in [-0.25, -0.2) is 4.18 Å². The average molecular weight is 206 g/mol. The lowest BCUT2D eigenvalue weighted by Gasteiger charge is -2.24. The first-order valence-corrected chi connectivity index (χ1v) is 5.73. The normalized spacial score (nSPS) is 19.6. The first kappa shape index (κ1) is 10.3. The Kier molecular flexibility index (Phi) is 2.82. The summed E-state index contributed by atoms with van der Waals surface area (Å²) in [6.45, 7) is 2.35. The van der Waals surface area contributed by atoms with Crippen molar-refractivity contribution in [1.82, 2.24) is 9.80 Å². The van der Waals surface area contributed by atoms with Crippen LogP contribution in [0.15, 0.2) is 12.4 Å². The smallest absolute Gasteiger partial charge is 0.266 e. The highest BCUT2D eigenvalue weighted by Crippen LogP contribution is 2.10. The van der Waals surface area contributed by atoms with Crippen molar-refractivity contribution < 1.29 is 12.6 Å². The highest BCUT2D eigenvalue weighted by molar-refractivity contribution is 7.86. The van der Waals surface area contributed by atoms with Crippen LogP contribution >= 0.6 is 0 Å². The molecule has 76 valence electrons. The molecule has 0 spiro atoms. The van der Waals surface area contributed by atoms with E-state index in [-0.39, 0.29) is 0 Å². The monoisotopic (exact) mass is 206 g/mol. The molecule has 0 bridgehead atoms. The van der Waals surface area contributed by atoms with Crippen LogP contribution in [0.1, 0.15) is 6.92 Å². The van der Waals surface area contributed by atoms with Crippen LogP contribution < -0.4 is 0 Å². The second kappa shape index (κ2) is 3.55. The topological polar surface area (TPSA) is 49.9 Å². The summed E-state index contributed by atoms with van der Waals surface area (Å²) >= 11 is 0. The van der Waals surface area contributed by atoms with E-state index in [1.54, 1.807) is 18.0 Å². The lowest BCUT2D eigenvalue weighted by atomic mass is 10.6. The molecule has 0 amide bonds. The van der Waals surface area contributed by atoms with E-state index in [9.17, 15) is 8.42 Å². The van der Waals surface area contributed by atoms with E-state index in [0.29, 0.717) is 6.67 Å². The molecule has 0 fully saturated rings. The fourth-order valence-corrected chi connectivity index (χ4v) is 1.71. The van der Waals surface area contributed by atoms with Crippen molar-refractivity contribution in [2.75, 3.05) is 20.0 Å². The Labute approximate surface area is 78.7 Å². The third kappa shape index (κ3) is 3.23. The van der Waals surface area contributed by atoms with Crippen molar-refractivity contribution in [3.63, 3.8) is 0 Å². The number of hydrogen-bond acceptors (Lipinski definition) is 5. The Morgan fingerprint density at radius 2 is 2.08 bits per heavy atom. The van der Waals surface area contributed by atoms with Gasteiger partial charge in [-0.2, -0.15) is 8.42 Å². The maximum atomic E-state index is 10.8. The Morgan fingerprint density at radius 1 is 1.46 bits per heavy atom. The number of hydrogen-bond donors (Lipinski definition) is 0. The molecule has 6 heteroatoms. The zero-order chi connectivity index (χ0) is 10.1. The summed E-state index contributed by atoms with van der Waals surface area (Å²) < 4.78 is 26.4. The van der Waals surface area contributed by atoms with Crippen LogP contribution in [0.5, 0.6) is 0 Å². The molecular formula is C7H14N2O3S. The molecule has 13 heavy (non-hydrogen) atoms. The van der Waals surface area contributed by atoms with Crippen molar-refractivity contribution in [3.8, 4) is 0 Å². The number of rotatable bonds is 3. The van der Waals surface area contributed by atoms with Crippen LogP contribution in [0.25, 0.3) is 0 Å². The molecule has 0 aromatic heterocycles. The van der Waals surface area contributed by atoms with Gasteiger partial charge in [0.2, 0.25) is 0 Å². The van der Waals surface area contributed by atoms with Gasteiger partial charge in [0.25, 0.3) is 10.1 Å². The number of nitrogens with zero attached hydrogens (tertiary/aromatic N) is 2. The van der Waals surface area contributed by atoms with Crippen molar-refractivity contribution in [2.24, 2.45) is 0 Å². The summed E-state index contributed by atoms with van der Waals surface area (Å²) in [6, 6.07) is 0. The highest BCUT2D eigenvalue weighted by atomic mass is 32.2. The van der Waals surface area contributed by atoms with Gasteiger partial charge in [-0.1, -0.05) is 0 Å². The van der Waals surface area contributed by atoms with Crippen molar-refractivity contribution >= 4 is 10.1 Å². The largest absolute Gasteiger partial charge is 0.362 e. The minimum Gasteiger partial charge on any atom is -0.362 e. The van der Waals surface area contributed by atoms with Crippen LogP contribution in [0, 0.1) is 0 Å². The van der Waals surface area contributed by atoms with Gasteiger partial charge in [-0.15, -0.1) is 0 Å². The lowest BCUT2D eigenvalue weighted by molar-refractivity contribution is 0.0730. The van der Waals surface area contributed by atoms with Crippen LogP contribution in [0.3, 0.4) is 0 Å². The summed E-state index contributed by atoms with van der Waals surface area (Å²) in [6.07, 6.45) is 4.27. The zero-order valence-corrected chi connectivity index (χ0v) is 8.78. The summed E-state index contributed by atoms with van der Waals surface area (Å²) in [5, 5.41) is 0.